The molecule has 1 aromatic carbocycles. The van der Waals surface area contributed by atoms with E-state index >= 15 is 0 Å². The van der Waals surface area contributed by atoms with E-state index in [1.165, 1.54) is 0 Å². The van der Waals surface area contributed by atoms with E-state index in [0.717, 1.165) is 18.4 Å². The molecular formula is C13H17Cl2NO. The summed E-state index contributed by atoms with van der Waals surface area (Å²) in [6, 6.07) is 5.45. The Bertz CT molecular complexity index is 391. The van der Waals surface area contributed by atoms with Gasteiger partial charge >= 0.3 is 0 Å². The molecule has 1 rings (SSSR count). The molecule has 1 aromatic rings. The molecule has 1 unspecified atom stereocenters. The van der Waals surface area contributed by atoms with Gasteiger partial charge in [0.2, 0.25) is 0 Å². The summed E-state index contributed by atoms with van der Waals surface area (Å²) in [5, 5.41) is 1.01. The predicted octanol–water partition coefficient (Wildman–Crippen LogP) is 3.62. The van der Waals surface area contributed by atoms with Gasteiger partial charge < -0.3 is 5.73 Å². The van der Waals surface area contributed by atoms with Crippen LogP contribution in [0.4, 0.5) is 0 Å². The molecule has 0 aromatic heterocycles. The Morgan fingerprint density at radius 3 is 2.65 bits per heavy atom. The topological polar surface area (TPSA) is 43.1 Å². The standard InChI is InChI=1S/C13H17Cl2NO/c1-9(16)3-2-4-11(17)7-10-5-6-12(14)13(15)8-10/h5-6,8-9H,2-4,7,16H2,1H3. The van der Waals surface area contributed by atoms with Crippen molar-refractivity contribution in [3.63, 3.8) is 0 Å². The molecule has 17 heavy (non-hydrogen) atoms. The Balaban J connectivity index is 2.42. The third kappa shape index (κ3) is 5.53. The molecule has 0 fully saturated rings. The molecule has 0 aliphatic heterocycles. The number of nitrogens with two attached hydrogens (primary N) is 1. The van der Waals surface area contributed by atoms with Crippen molar-refractivity contribution in [2.24, 2.45) is 5.73 Å². The second kappa shape index (κ2) is 7.00. The van der Waals surface area contributed by atoms with Gasteiger partial charge in [0.1, 0.15) is 5.78 Å². The smallest absolute Gasteiger partial charge is 0.137 e. The average molecular weight is 274 g/mol. The highest BCUT2D eigenvalue weighted by molar-refractivity contribution is 6.42. The summed E-state index contributed by atoms with van der Waals surface area (Å²) in [6.07, 6.45) is 2.71. The number of hydrogen-bond acceptors (Lipinski definition) is 2. The van der Waals surface area contributed by atoms with Crippen molar-refractivity contribution in [2.75, 3.05) is 0 Å². The average Bonchev–Trinajstić information content (AvgIpc) is 2.23. The number of hydrogen-bond donors (Lipinski definition) is 1. The Labute approximate surface area is 112 Å². The van der Waals surface area contributed by atoms with Crippen molar-refractivity contribution in [3.8, 4) is 0 Å². The normalized spacial score (nSPS) is 12.5. The lowest BCUT2D eigenvalue weighted by atomic mass is 10.0. The summed E-state index contributed by atoms with van der Waals surface area (Å²) in [6.45, 7) is 1.95. The quantitative estimate of drug-likeness (QED) is 0.860. The lowest BCUT2D eigenvalue weighted by Crippen LogP contribution is -2.15. The van der Waals surface area contributed by atoms with Gasteiger partial charge in [-0.1, -0.05) is 29.3 Å². The minimum Gasteiger partial charge on any atom is -0.328 e. The van der Waals surface area contributed by atoms with E-state index in [9.17, 15) is 4.79 Å². The summed E-state index contributed by atoms with van der Waals surface area (Å²) in [4.78, 5) is 11.7. The first-order valence-corrected chi connectivity index (χ1v) is 6.46. The fourth-order valence-electron chi connectivity index (χ4n) is 1.59. The molecule has 1 atom stereocenters. The maximum atomic E-state index is 11.7. The van der Waals surface area contributed by atoms with Gasteiger partial charge in [-0.3, -0.25) is 4.79 Å². The molecule has 0 radical (unpaired) electrons. The van der Waals surface area contributed by atoms with Crippen LogP contribution in [0.3, 0.4) is 0 Å². The molecule has 0 aliphatic rings. The fourth-order valence-corrected chi connectivity index (χ4v) is 1.91. The van der Waals surface area contributed by atoms with Crippen LogP contribution in [-0.2, 0) is 11.2 Å². The fraction of sp³-hybridized carbons (Fsp3) is 0.462. The highest BCUT2D eigenvalue weighted by atomic mass is 35.5. The van der Waals surface area contributed by atoms with Crippen LogP contribution in [0.1, 0.15) is 31.7 Å². The molecule has 2 nitrogen and oxygen atoms in total. The summed E-state index contributed by atoms with van der Waals surface area (Å²) in [5.41, 5.74) is 6.53. The molecule has 0 heterocycles. The van der Waals surface area contributed by atoms with Gasteiger partial charge in [-0.25, -0.2) is 0 Å². The molecule has 0 spiro atoms. The summed E-state index contributed by atoms with van der Waals surface area (Å²) >= 11 is 11.7. The number of carbonyl (C=O) groups is 1. The maximum Gasteiger partial charge on any atom is 0.137 e. The van der Waals surface area contributed by atoms with Gasteiger partial charge in [-0.15, -0.1) is 0 Å². The number of benzene rings is 1. The molecule has 0 saturated carbocycles. The van der Waals surface area contributed by atoms with Crippen LogP contribution in [0.25, 0.3) is 0 Å². The van der Waals surface area contributed by atoms with E-state index in [0.29, 0.717) is 22.9 Å². The lowest BCUT2D eigenvalue weighted by molar-refractivity contribution is -0.118. The van der Waals surface area contributed by atoms with Crippen LogP contribution >= 0.6 is 23.2 Å². The molecule has 94 valence electrons. The van der Waals surface area contributed by atoms with Crippen LogP contribution < -0.4 is 5.73 Å². The Kier molecular flexibility index (Phi) is 5.96. The number of Topliss-reactive ketones (excluding diaryl/α,β-unsaturated/α-hetero) is 1. The van der Waals surface area contributed by atoms with Crippen molar-refractivity contribution >= 4 is 29.0 Å². The largest absolute Gasteiger partial charge is 0.328 e. The number of halogens is 2. The Morgan fingerprint density at radius 1 is 1.35 bits per heavy atom. The van der Waals surface area contributed by atoms with Crippen LogP contribution in [0.5, 0.6) is 0 Å². The van der Waals surface area contributed by atoms with Gasteiger partial charge in [0.25, 0.3) is 0 Å². The Hall–Kier alpha value is -0.570. The van der Waals surface area contributed by atoms with Crippen LogP contribution in [0.2, 0.25) is 10.0 Å². The maximum absolute atomic E-state index is 11.7. The highest BCUT2D eigenvalue weighted by Crippen LogP contribution is 2.23. The van der Waals surface area contributed by atoms with E-state index in [1.54, 1.807) is 12.1 Å². The Morgan fingerprint density at radius 2 is 2.06 bits per heavy atom. The van der Waals surface area contributed by atoms with Crippen molar-refractivity contribution in [1.29, 1.82) is 0 Å². The van der Waals surface area contributed by atoms with E-state index in [1.807, 2.05) is 13.0 Å². The monoisotopic (exact) mass is 273 g/mol. The SMILES string of the molecule is CC(N)CCCC(=O)Cc1ccc(Cl)c(Cl)c1. The van der Waals surface area contributed by atoms with Crippen molar-refractivity contribution in [3.05, 3.63) is 33.8 Å². The van der Waals surface area contributed by atoms with Gasteiger partial charge in [-0.2, -0.15) is 0 Å². The minimum absolute atomic E-state index is 0.160. The van der Waals surface area contributed by atoms with Gasteiger partial charge in [0, 0.05) is 18.9 Å². The highest BCUT2D eigenvalue weighted by Gasteiger charge is 2.06. The van der Waals surface area contributed by atoms with E-state index < -0.39 is 0 Å². The van der Waals surface area contributed by atoms with Gasteiger partial charge in [0.05, 0.1) is 10.0 Å². The number of ketones is 1. The van der Waals surface area contributed by atoms with Crippen LogP contribution in [0.15, 0.2) is 18.2 Å². The lowest BCUT2D eigenvalue weighted by Gasteiger charge is -2.05. The predicted molar refractivity (Wildman–Crippen MR) is 72.7 cm³/mol. The zero-order valence-electron chi connectivity index (χ0n) is 9.88. The summed E-state index contributed by atoms with van der Waals surface area (Å²) in [7, 11) is 0. The third-order valence-electron chi connectivity index (χ3n) is 2.50. The van der Waals surface area contributed by atoms with Gasteiger partial charge in [0.15, 0.2) is 0 Å². The summed E-state index contributed by atoms with van der Waals surface area (Å²) < 4.78 is 0. The van der Waals surface area contributed by atoms with Crippen molar-refractivity contribution < 1.29 is 4.79 Å². The molecular weight excluding hydrogens is 257 g/mol. The van der Waals surface area contributed by atoms with Crippen molar-refractivity contribution in [2.45, 2.75) is 38.6 Å². The first-order valence-electron chi connectivity index (χ1n) is 5.70. The number of carbonyl (C=O) groups excluding carboxylic acids is 1. The first kappa shape index (κ1) is 14.5. The second-order valence-electron chi connectivity index (χ2n) is 4.33. The number of rotatable bonds is 6. The molecule has 0 aliphatic carbocycles. The molecule has 0 amide bonds. The molecule has 4 heteroatoms. The van der Waals surface area contributed by atoms with Crippen molar-refractivity contribution in [1.82, 2.24) is 0 Å². The minimum atomic E-state index is 0.160. The van der Waals surface area contributed by atoms with E-state index in [2.05, 4.69) is 0 Å². The van der Waals surface area contributed by atoms with Gasteiger partial charge in [-0.05, 0) is 37.5 Å². The zero-order chi connectivity index (χ0) is 12.8. The second-order valence-corrected chi connectivity index (χ2v) is 5.15. The molecule has 2 N–H and O–H groups in total. The molecule has 0 bridgehead atoms. The van der Waals surface area contributed by atoms with Crippen LogP contribution in [0, 0.1) is 0 Å². The third-order valence-corrected chi connectivity index (χ3v) is 3.24. The zero-order valence-corrected chi connectivity index (χ0v) is 11.4. The van der Waals surface area contributed by atoms with E-state index in [-0.39, 0.29) is 11.8 Å². The van der Waals surface area contributed by atoms with E-state index in [4.69, 9.17) is 28.9 Å². The van der Waals surface area contributed by atoms with Crippen LogP contribution in [-0.4, -0.2) is 11.8 Å². The first-order chi connectivity index (χ1) is 7.99. The summed E-state index contributed by atoms with van der Waals surface area (Å²) in [5.74, 6) is 0.212. The molecule has 0 saturated heterocycles.